The predicted molar refractivity (Wildman–Crippen MR) is 77.1 cm³/mol. The molecule has 0 fully saturated rings. The molecule has 0 saturated heterocycles. The zero-order valence-corrected chi connectivity index (χ0v) is 12.5. The molecule has 4 nitrogen and oxygen atoms in total. The number of ketones is 1. The minimum absolute atomic E-state index is 0. The van der Waals surface area contributed by atoms with Crippen LogP contribution in [0.4, 0.5) is 13.2 Å². The molecule has 1 aromatic carbocycles. The summed E-state index contributed by atoms with van der Waals surface area (Å²) < 4.78 is 37.4. The van der Waals surface area contributed by atoms with Gasteiger partial charge in [0.05, 0.1) is 6.54 Å². The molecule has 2 rings (SSSR count). The zero-order chi connectivity index (χ0) is 15.6. The minimum Gasteiger partial charge on any atom is -0.334 e. The fraction of sp³-hybridized carbons (Fsp3) is 0.429. The van der Waals surface area contributed by atoms with Gasteiger partial charge in [-0.05, 0) is 30.0 Å². The molecule has 0 aromatic heterocycles. The van der Waals surface area contributed by atoms with Crippen LogP contribution in [-0.4, -0.2) is 42.4 Å². The smallest absolute Gasteiger partial charge is 0.334 e. The van der Waals surface area contributed by atoms with Crippen molar-refractivity contribution >= 4 is 24.1 Å². The Bertz CT molecular complexity index is 576. The number of amides is 1. The van der Waals surface area contributed by atoms with Gasteiger partial charge in [-0.15, -0.1) is 12.4 Å². The maximum atomic E-state index is 12.5. The van der Waals surface area contributed by atoms with Crippen molar-refractivity contribution in [3.63, 3.8) is 0 Å². The Morgan fingerprint density at radius 3 is 2.27 bits per heavy atom. The average Bonchev–Trinajstić information content (AvgIpc) is 2.66. The normalized spacial score (nSPS) is 14.6. The Morgan fingerprint density at radius 1 is 1.14 bits per heavy atom. The van der Waals surface area contributed by atoms with Crippen LogP contribution in [0.2, 0.25) is 0 Å². The summed E-state index contributed by atoms with van der Waals surface area (Å²) in [6.07, 6.45) is -4.21. The number of alkyl halides is 3. The van der Waals surface area contributed by atoms with Crippen molar-refractivity contribution in [2.45, 2.75) is 19.0 Å². The molecule has 1 aliphatic rings. The van der Waals surface area contributed by atoms with Crippen LogP contribution < -0.4 is 5.73 Å². The van der Waals surface area contributed by atoms with Crippen LogP contribution in [0.3, 0.4) is 0 Å². The first-order valence-electron chi connectivity index (χ1n) is 6.54. The Kier molecular flexibility index (Phi) is 5.96. The summed E-state index contributed by atoms with van der Waals surface area (Å²) >= 11 is 0. The molecule has 0 saturated carbocycles. The van der Waals surface area contributed by atoms with Gasteiger partial charge >= 0.3 is 12.1 Å². The van der Waals surface area contributed by atoms with Gasteiger partial charge in [0.1, 0.15) is 0 Å². The number of fused-ring (bicyclic) bond motifs is 1. The van der Waals surface area contributed by atoms with E-state index in [1.165, 1.54) is 0 Å². The monoisotopic (exact) mass is 336 g/mol. The number of Topliss-reactive ketones (excluding diaryl/α,β-unsaturated/α-hetero) is 1. The minimum atomic E-state index is -4.85. The zero-order valence-electron chi connectivity index (χ0n) is 11.7. The van der Waals surface area contributed by atoms with Crippen molar-refractivity contribution in [2.75, 3.05) is 19.6 Å². The lowest BCUT2D eigenvalue weighted by Gasteiger charge is -2.21. The fourth-order valence-corrected chi connectivity index (χ4v) is 2.40. The summed E-state index contributed by atoms with van der Waals surface area (Å²) in [6.45, 7) is -0.0986. The summed E-state index contributed by atoms with van der Waals surface area (Å²) in [5.41, 5.74) is 7.40. The topological polar surface area (TPSA) is 63.4 Å². The fourth-order valence-electron chi connectivity index (χ4n) is 2.40. The van der Waals surface area contributed by atoms with Gasteiger partial charge in [-0.1, -0.05) is 12.1 Å². The predicted octanol–water partition coefficient (Wildman–Crippen LogP) is 1.74. The van der Waals surface area contributed by atoms with Crippen molar-refractivity contribution in [3.05, 3.63) is 34.9 Å². The van der Waals surface area contributed by atoms with Crippen molar-refractivity contribution in [1.82, 2.24) is 4.90 Å². The molecule has 1 aromatic rings. The lowest BCUT2D eigenvalue weighted by Crippen LogP contribution is -2.42. The molecule has 0 unspecified atom stereocenters. The Hall–Kier alpha value is -1.60. The van der Waals surface area contributed by atoms with Crippen LogP contribution in [0.25, 0.3) is 0 Å². The van der Waals surface area contributed by atoms with Crippen molar-refractivity contribution < 1.29 is 22.8 Å². The molecule has 1 amide bonds. The number of carbonyl (C=O) groups is 2. The van der Waals surface area contributed by atoms with E-state index < -0.39 is 12.1 Å². The Labute approximate surface area is 131 Å². The third kappa shape index (κ3) is 3.98. The van der Waals surface area contributed by atoms with Gasteiger partial charge in [0, 0.05) is 18.7 Å². The second-order valence-corrected chi connectivity index (χ2v) is 4.90. The van der Waals surface area contributed by atoms with Crippen LogP contribution >= 0.6 is 12.4 Å². The highest BCUT2D eigenvalue weighted by molar-refractivity contribution is 5.97. The van der Waals surface area contributed by atoms with Crippen molar-refractivity contribution in [1.29, 1.82) is 0 Å². The molecule has 8 heteroatoms. The lowest BCUT2D eigenvalue weighted by molar-refractivity contribution is -0.185. The average molecular weight is 337 g/mol. The lowest BCUT2D eigenvalue weighted by atomic mass is 9.98. The summed E-state index contributed by atoms with van der Waals surface area (Å²) in [4.78, 5) is 23.6. The first-order valence-corrected chi connectivity index (χ1v) is 6.54. The van der Waals surface area contributed by atoms with Crippen LogP contribution in [0.15, 0.2) is 18.2 Å². The highest BCUT2D eigenvalue weighted by Crippen LogP contribution is 2.23. The number of nitrogens with zero attached hydrogens (tertiary/aromatic N) is 1. The maximum Gasteiger partial charge on any atom is 0.471 e. The van der Waals surface area contributed by atoms with Gasteiger partial charge in [0.15, 0.2) is 5.78 Å². The van der Waals surface area contributed by atoms with Crippen LogP contribution in [0, 0.1) is 0 Å². The molecule has 1 heterocycles. The first-order chi connectivity index (χ1) is 9.82. The van der Waals surface area contributed by atoms with Gasteiger partial charge in [-0.2, -0.15) is 13.2 Å². The number of hydrogen-bond donors (Lipinski definition) is 1. The van der Waals surface area contributed by atoms with Gasteiger partial charge in [0.2, 0.25) is 0 Å². The third-order valence-electron chi connectivity index (χ3n) is 3.55. The molecule has 2 N–H and O–H groups in total. The van der Waals surface area contributed by atoms with Crippen molar-refractivity contribution in [2.24, 2.45) is 5.73 Å². The molecule has 122 valence electrons. The summed E-state index contributed by atoms with van der Waals surface area (Å²) in [5.74, 6) is -2.03. The van der Waals surface area contributed by atoms with Gasteiger partial charge in [-0.3, -0.25) is 9.59 Å². The molecule has 0 spiro atoms. The highest BCUT2D eigenvalue weighted by Gasteiger charge is 2.42. The number of hydrogen-bond acceptors (Lipinski definition) is 3. The van der Waals surface area contributed by atoms with E-state index in [0.29, 0.717) is 18.4 Å². The molecule has 22 heavy (non-hydrogen) atoms. The van der Waals surface area contributed by atoms with Gasteiger partial charge in [-0.25, -0.2) is 0 Å². The standard InChI is InChI=1S/C14H15F3N2O2.ClH/c15-14(16,17)13(21)19-5-3-9-1-2-11(12(20)8-18)7-10(9)4-6-19;/h1-2,7H,3-6,8,18H2;1H. The van der Waals surface area contributed by atoms with E-state index in [4.69, 9.17) is 5.73 Å². The maximum absolute atomic E-state index is 12.5. The molecular weight excluding hydrogens is 321 g/mol. The van der Waals surface area contributed by atoms with E-state index in [1.54, 1.807) is 18.2 Å². The van der Waals surface area contributed by atoms with Gasteiger partial charge < -0.3 is 10.6 Å². The first kappa shape index (κ1) is 18.4. The molecular formula is C14H16ClF3N2O2. The molecule has 0 radical (unpaired) electrons. The molecule has 0 aliphatic carbocycles. The third-order valence-corrected chi connectivity index (χ3v) is 3.55. The number of rotatable bonds is 2. The molecule has 0 atom stereocenters. The van der Waals surface area contributed by atoms with Crippen molar-refractivity contribution in [3.8, 4) is 0 Å². The summed E-state index contributed by atoms with van der Waals surface area (Å²) in [7, 11) is 0. The van der Waals surface area contributed by atoms with E-state index in [2.05, 4.69) is 0 Å². The van der Waals surface area contributed by atoms with E-state index in [-0.39, 0.29) is 37.8 Å². The number of carbonyl (C=O) groups excluding carboxylic acids is 2. The summed E-state index contributed by atoms with van der Waals surface area (Å²) in [5, 5.41) is 0. The van der Waals surface area contributed by atoms with E-state index in [9.17, 15) is 22.8 Å². The van der Waals surface area contributed by atoms with Crippen LogP contribution in [0.1, 0.15) is 21.5 Å². The second-order valence-electron chi connectivity index (χ2n) is 4.90. The number of halogens is 4. The number of nitrogens with two attached hydrogens (primary N) is 1. The SMILES string of the molecule is Cl.NCC(=O)c1ccc2c(c1)CCN(C(=O)C(F)(F)F)CC2. The highest BCUT2D eigenvalue weighted by atomic mass is 35.5. The van der Waals surface area contributed by atoms with E-state index in [0.717, 1.165) is 16.0 Å². The van der Waals surface area contributed by atoms with Crippen LogP contribution in [-0.2, 0) is 17.6 Å². The van der Waals surface area contributed by atoms with E-state index >= 15 is 0 Å². The molecule has 1 aliphatic heterocycles. The van der Waals surface area contributed by atoms with E-state index in [1.807, 2.05) is 0 Å². The van der Waals surface area contributed by atoms with Gasteiger partial charge in [0.25, 0.3) is 0 Å². The second kappa shape index (κ2) is 7.11. The largest absolute Gasteiger partial charge is 0.471 e. The Morgan fingerprint density at radius 2 is 1.73 bits per heavy atom. The van der Waals surface area contributed by atoms with Crippen LogP contribution in [0.5, 0.6) is 0 Å². The summed E-state index contributed by atoms with van der Waals surface area (Å²) in [6, 6.07) is 5.00. The quantitative estimate of drug-likeness (QED) is 0.837. The number of benzene rings is 1. The molecule has 0 bridgehead atoms. The Balaban J connectivity index is 0.00000242.